The number of H-pyrrole nitrogens is 1. The largest absolute Gasteiger partial charge is 0.337 e. The van der Waals surface area contributed by atoms with Gasteiger partial charge < -0.3 is 14.6 Å². The number of pyridine rings is 1. The number of imidazole rings is 1. The van der Waals surface area contributed by atoms with Crippen LogP contribution in [-0.2, 0) is 4.79 Å². The second kappa shape index (κ2) is 6.22. The zero-order valence-electron chi connectivity index (χ0n) is 14.8. The summed E-state index contributed by atoms with van der Waals surface area (Å²) < 4.78 is 1.86. The Kier molecular flexibility index (Phi) is 3.70. The molecule has 0 unspecified atom stereocenters. The van der Waals surface area contributed by atoms with Gasteiger partial charge >= 0.3 is 0 Å². The molecule has 2 N–H and O–H groups in total. The van der Waals surface area contributed by atoms with E-state index in [4.69, 9.17) is 0 Å². The number of nitrogens with one attached hydrogen (secondary N) is 2. The zero-order chi connectivity index (χ0) is 18.4. The summed E-state index contributed by atoms with van der Waals surface area (Å²) in [4.78, 5) is 30.7. The SMILES string of the molecule is O=C(Nc1cn2cc(-c3cc(C(=O)N4CCCC4)[nH]n3)ccc2n1)C1CC1. The molecule has 4 heterocycles. The first kappa shape index (κ1) is 16.0. The smallest absolute Gasteiger partial charge is 0.271 e. The minimum Gasteiger partial charge on any atom is -0.337 e. The molecule has 1 saturated carbocycles. The molecule has 0 radical (unpaired) electrons. The van der Waals surface area contributed by atoms with E-state index >= 15 is 0 Å². The van der Waals surface area contributed by atoms with Crippen molar-refractivity contribution in [3.8, 4) is 11.3 Å². The van der Waals surface area contributed by atoms with Gasteiger partial charge in [-0.05, 0) is 43.9 Å². The van der Waals surface area contributed by atoms with Crippen LogP contribution in [0.1, 0.15) is 36.2 Å². The van der Waals surface area contributed by atoms with Crippen molar-refractivity contribution in [2.24, 2.45) is 5.92 Å². The number of amides is 2. The van der Waals surface area contributed by atoms with Crippen LogP contribution in [0.4, 0.5) is 5.82 Å². The lowest BCUT2D eigenvalue weighted by Gasteiger charge is -2.12. The highest BCUT2D eigenvalue weighted by Crippen LogP contribution is 2.30. The van der Waals surface area contributed by atoms with Gasteiger partial charge in [0.1, 0.15) is 11.3 Å². The summed E-state index contributed by atoms with van der Waals surface area (Å²) in [6, 6.07) is 5.57. The molecule has 2 aliphatic rings. The van der Waals surface area contributed by atoms with E-state index in [9.17, 15) is 9.59 Å². The van der Waals surface area contributed by atoms with E-state index < -0.39 is 0 Å². The lowest BCUT2D eigenvalue weighted by molar-refractivity contribution is -0.117. The number of hydrogen-bond donors (Lipinski definition) is 2. The molecule has 0 aromatic carbocycles. The van der Waals surface area contributed by atoms with E-state index in [-0.39, 0.29) is 17.7 Å². The molecule has 0 atom stereocenters. The lowest BCUT2D eigenvalue weighted by atomic mass is 10.2. The van der Waals surface area contributed by atoms with E-state index in [1.54, 1.807) is 12.3 Å². The quantitative estimate of drug-likeness (QED) is 0.743. The second-order valence-corrected chi connectivity index (χ2v) is 7.24. The monoisotopic (exact) mass is 364 g/mol. The summed E-state index contributed by atoms with van der Waals surface area (Å²) in [5.41, 5.74) is 2.83. The molecule has 8 nitrogen and oxygen atoms in total. The van der Waals surface area contributed by atoms with Crippen molar-refractivity contribution in [1.82, 2.24) is 24.5 Å². The molecule has 0 bridgehead atoms. The molecule has 3 aromatic heterocycles. The van der Waals surface area contributed by atoms with E-state index in [0.717, 1.165) is 50.0 Å². The van der Waals surface area contributed by atoms with E-state index in [0.29, 0.717) is 17.2 Å². The number of carbonyl (C=O) groups excluding carboxylic acids is 2. The van der Waals surface area contributed by atoms with Crippen molar-refractivity contribution >= 4 is 23.3 Å². The van der Waals surface area contributed by atoms with Gasteiger partial charge in [-0.1, -0.05) is 0 Å². The zero-order valence-corrected chi connectivity index (χ0v) is 14.8. The number of carbonyl (C=O) groups is 2. The van der Waals surface area contributed by atoms with Gasteiger partial charge in [0.25, 0.3) is 5.91 Å². The Bertz CT molecular complexity index is 1030. The predicted octanol–water partition coefficient (Wildman–Crippen LogP) is 2.31. The standard InChI is InChI=1S/C19H20N6O2/c26-18(12-3-4-12)21-16-11-25-10-13(5-6-17(25)20-16)14-9-15(23-22-14)19(27)24-7-1-2-8-24/h5-6,9-12H,1-4,7-8H2,(H,21,26)(H,22,23). The Morgan fingerprint density at radius 2 is 1.96 bits per heavy atom. The van der Waals surface area contributed by atoms with Gasteiger partial charge in [-0.15, -0.1) is 0 Å². The second-order valence-electron chi connectivity index (χ2n) is 7.24. The van der Waals surface area contributed by atoms with Crippen molar-refractivity contribution in [2.75, 3.05) is 18.4 Å². The molecule has 3 aromatic rings. The predicted molar refractivity (Wildman–Crippen MR) is 99.3 cm³/mol. The Labute approximate surface area is 155 Å². The van der Waals surface area contributed by atoms with Gasteiger partial charge in [-0.3, -0.25) is 14.7 Å². The fourth-order valence-electron chi connectivity index (χ4n) is 3.45. The fourth-order valence-corrected chi connectivity index (χ4v) is 3.45. The first-order valence-corrected chi connectivity index (χ1v) is 9.32. The van der Waals surface area contributed by atoms with Crippen LogP contribution in [0.15, 0.2) is 30.6 Å². The number of nitrogens with zero attached hydrogens (tertiary/aromatic N) is 4. The highest BCUT2D eigenvalue weighted by Gasteiger charge is 2.30. The Balaban J connectivity index is 1.38. The van der Waals surface area contributed by atoms with Crippen LogP contribution in [0, 0.1) is 5.92 Å². The molecule has 1 saturated heterocycles. The third-order valence-electron chi connectivity index (χ3n) is 5.15. The normalized spacial score (nSPS) is 16.8. The van der Waals surface area contributed by atoms with Gasteiger partial charge in [0.15, 0.2) is 5.82 Å². The Hall–Kier alpha value is -3.16. The van der Waals surface area contributed by atoms with E-state index in [2.05, 4.69) is 20.5 Å². The average Bonchev–Trinajstić information content (AvgIpc) is 3.09. The van der Waals surface area contributed by atoms with Gasteiger partial charge in [0.05, 0.1) is 11.9 Å². The lowest BCUT2D eigenvalue weighted by Crippen LogP contribution is -2.27. The number of likely N-dealkylation sites (tertiary alicyclic amines) is 1. The van der Waals surface area contributed by atoms with Crippen LogP contribution in [0.25, 0.3) is 16.9 Å². The molecule has 2 fully saturated rings. The van der Waals surface area contributed by atoms with Crippen LogP contribution in [-0.4, -0.2) is 49.4 Å². The maximum atomic E-state index is 12.5. The van der Waals surface area contributed by atoms with E-state index in [1.807, 2.05) is 27.6 Å². The molecule has 1 aliphatic carbocycles. The Morgan fingerprint density at radius 3 is 2.74 bits per heavy atom. The van der Waals surface area contributed by atoms with Gasteiger partial charge in [-0.25, -0.2) is 4.98 Å². The molecular formula is C19H20N6O2. The molecule has 138 valence electrons. The number of fused-ring (bicyclic) bond motifs is 1. The minimum absolute atomic E-state index is 0.0000310. The molecule has 2 amide bonds. The van der Waals surface area contributed by atoms with Crippen LogP contribution >= 0.6 is 0 Å². The first-order valence-electron chi connectivity index (χ1n) is 9.32. The summed E-state index contributed by atoms with van der Waals surface area (Å²) in [6.45, 7) is 1.62. The van der Waals surface area contributed by atoms with Gasteiger partial charge in [0.2, 0.25) is 5.91 Å². The number of hydrogen-bond acceptors (Lipinski definition) is 4. The summed E-state index contributed by atoms with van der Waals surface area (Å²) in [5, 5.41) is 10.0. The maximum Gasteiger partial charge on any atom is 0.271 e. The third kappa shape index (κ3) is 3.07. The summed E-state index contributed by atoms with van der Waals surface area (Å²) in [6.07, 6.45) is 7.73. The first-order chi connectivity index (χ1) is 13.2. The van der Waals surface area contributed by atoms with Gasteiger partial charge in [-0.2, -0.15) is 5.10 Å². The molecule has 0 spiro atoms. The molecule has 27 heavy (non-hydrogen) atoms. The van der Waals surface area contributed by atoms with Gasteiger partial charge in [0, 0.05) is 30.8 Å². The third-order valence-corrected chi connectivity index (χ3v) is 5.15. The van der Waals surface area contributed by atoms with Crippen LogP contribution in [0.2, 0.25) is 0 Å². The molecule has 8 heteroatoms. The fraction of sp³-hybridized carbons (Fsp3) is 0.368. The van der Waals surface area contributed by atoms with E-state index in [1.165, 1.54) is 0 Å². The summed E-state index contributed by atoms with van der Waals surface area (Å²) in [5.74, 6) is 0.730. The minimum atomic E-state index is 0.0000310. The Morgan fingerprint density at radius 1 is 1.15 bits per heavy atom. The van der Waals surface area contributed by atoms with Crippen LogP contribution < -0.4 is 5.32 Å². The van der Waals surface area contributed by atoms with Crippen LogP contribution in [0.3, 0.4) is 0 Å². The van der Waals surface area contributed by atoms with Crippen molar-refractivity contribution < 1.29 is 9.59 Å². The number of rotatable bonds is 4. The van der Waals surface area contributed by atoms with Crippen molar-refractivity contribution in [2.45, 2.75) is 25.7 Å². The number of anilines is 1. The summed E-state index contributed by atoms with van der Waals surface area (Å²) >= 11 is 0. The van der Waals surface area contributed by atoms with Crippen molar-refractivity contribution in [3.05, 3.63) is 36.3 Å². The average molecular weight is 364 g/mol. The molecule has 1 aliphatic heterocycles. The number of aromatic amines is 1. The number of aromatic nitrogens is 4. The maximum absolute atomic E-state index is 12.5. The van der Waals surface area contributed by atoms with Crippen molar-refractivity contribution in [1.29, 1.82) is 0 Å². The highest BCUT2D eigenvalue weighted by molar-refractivity contribution is 5.94. The highest BCUT2D eigenvalue weighted by atomic mass is 16.2. The summed E-state index contributed by atoms with van der Waals surface area (Å²) in [7, 11) is 0. The topological polar surface area (TPSA) is 95.4 Å². The van der Waals surface area contributed by atoms with Crippen molar-refractivity contribution in [3.63, 3.8) is 0 Å². The van der Waals surface area contributed by atoms with Crippen LogP contribution in [0.5, 0.6) is 0 Å². The molecule has 5 rings (SSSR count). The molecular weight excluding hydrogens is 344 g/mol.